The molecule has 0 saturated carbocycles. The lowest BCUT2D eigenvalue weighted by atomic mass is 10.1. The van der Waals surface area contributed by atoms with E-state index in [-0.39, 0.29) is 11.0 Å². The summed E-state index contributed by atoms with van der Waals surface area (Å²) in [5.41, 5.74) is 5.21. The largest absolute Gasteiger partial charge is 0.411 e. The number of ketones is 1. The van der Waals surface area contributed by atoms with E-state index in [4.69, 9.17) is 4.42 Å². The molecule has 0 aliphatic heterocycles. The molecule has 5 heteroatoms. The number of rotatable bonds is 6. The molecule has 26 heavy (non-hydrogen) atoms. The van der Waals surface area contributed by atoms with Gasteiger partial charge in [-0.1, -0.05) is 49.0 Å². The van der Waals surface area contributed by atoms with Crippen molar-refractivity contribution in [2.75, 3.05) is 0 Å². The van der Waals surface area contributed by atoms with Gasteiger partial charge in [-0.25, -0.2) is 0 Å². The summed E-state index contributed by atoms with van der Waals surface area (Å²) in [7, 11) is 0. The second-order valence-corrected chi connectivity index (χ2v) is 7.64. The zero-order valence-corrected chi connectivity index (χ0v) is 16.3. The molecule has 3 aromatic rings. The number of aromatic nitrogens is 2. The van der Waals surface area contributed by atoms with Crippen LogP contribution in [0.25, 0.3) is 11.5 Å². The van der Waals surface area contributed by atoms with Crippen molar-refractivity contribution in [3.63, 3.8) is 0 Å². The third kappa shape index (κ3) is 4.05. The summed E-state index contributed by atoms with van der Waals surface area (Å²) in [6, 6.07) is 13.8. The summed E-state index contributed by atoms with van der Waals surface area (Å²) in [4.78, 5) is 12.6. The first-order valence-electron chi connectivity index (χ1n) is 8.69. The van der Waals surface area contributed by atoms with Crippen molar-refractivity contribution in [1.82, 2.24) is 10.2 Å². The van der Waals surface area contributed by atoms with Crippen LogP contribution in [0, 0.1) is 13.8 Å². The number of benzene rings is 2. The van der Waals surface area contributed by atoms with Gasteiger partial charge in [-0.05, 0) is 56.0 Å². The minimum Gasteiger partial charge on any atom is -0.411 e. The molecule has 0 aliphatic carbocycles. The van der Waals surface area contributed by atoms with Gasteiger partial charge in [0.2, 0.25) is 5.89 Å². The van der Waals surface area contributed by atoms with Gasteiger partial charge in [-0.15, -0.1) is 10.2 Å². The third-order valence-corrected chi connectivity index (χ3v) is 5.39. The lowest BCUT2D eigenvalue weighted by molar-refractivity contribution is 0.0993. The van der Waals surface area contributed by atoms with Gasteiger partial charge in [0.15, 0.2) is 5.78 Å². The first-order chi connectivity index (χ1) is 12.5. The Morgan fingerprint density at radius 1 is 1.08 bits per heavy atom. The monoisotopic (exact) mass is 366 g/mol. The van der Waals surface area contributed by atoms with Crippen molar-refractivity contribution in [2.45, 2.75) is 44.6 Å². The number of carbonyl (C=O) groups is 1. The molecule has 1 heterocycles. The first-order valence-corrected chi connectivity index (χ1v) is 9.57. The van der Waals surface area contributed by atoms with Crippen LogP contribution >= 0.6 is 11.8 Å². The number of nitrogens with zero attached hydrogens (tertiary/aromatic N) is 2. The minimum atomic E-state index is -0.296. The Kier molecular flexibility index (Phi) is 5.57. The molecule has 0 radical (unpaired) electrons. The van der Waals surface area contributed by atoms with E-state index in [2.05, 4.69) is 31.0 Å². The molecule has 2 aromatic carbocycles. The van der Waals surface area contributed by atoms with Gasteiger partial charge in [0, 0.05) is 11.1 Å². The van der Waals surface area contributed by atoms with Crippen LogP contribution in [0.5, 0.6) is 0 Å². The van der Waals surface area contributed by atoms with Crippen molar-refractivity contribution >= 4 is 17.5 Å². The number of hydrogen-bond acceptors (Lipinski definition) is 5. The van der Waals surface area contributed by atoms with E-state index >= 15 is 0 Å². The molecule has 0 aliphatic rings. The molecule has 0 N–H and O–H groups in total. The maximum absolute atomic E-state index is 12.6. The Morgan fingerprint density at radius 3 is 2.46 bits per heavy atom. The van der Waals surface area contributed by atoms with E-state index in [1.165, 1.54) is 28.5 Å². The molecule has 3 rings (SSSR count). The van der Waals surface area contributed by atoms with E-state index in [9.17, 15) is 4.79 Å². The van der Waals surface area contributed by atoms with Crippen molar-refractivity contribution < 1.29 is 9.21 Å². The predicted molar refractivity (Wildman–Crippen MR) is 105 cm³/mol. The Labute approximate surface area is 158 Å². The number of aryl methyl sites for hydroxylation is 3. The van der Waals surface area contributed by atoms with E-state index in [1.807, 2.05) is 49.4 Å². The van der Waals surface area contributed by atoms with Gasteiger partial charge in [0.1, 0.15) is 0 Å². The van der Waals surface area contributed by atoms with E-state index in [1.54, 1.807) is 0 Å². The molecule has 1 aromatic heterocycles. The van der Waals surface area contributed by atoms with Crippen molar-refractivity contribution in [3.8, 4) is 11.5 Å². The van der Waals surface area contributed by atoms with Crippen LogP contribution in [0.15, 0.2) is 52.1 Å². The summed E-state index contributed by atoms with van der Waals surface area (Å²) in [6.07, 6.45) is 0.960. The fourth-order valence-electron chi connectivity index (χ4n) is 2.59. The quantitative estimate of drug-likeness (QED) is 0.439. The Balaban J connectivity index is 1.71. The van der Waals surface area contributed by atoms with Crippen LogP contribution in [0.4, 0.5) is 0 Å². The fourth-order valence-corrected chi connectivity index (χ4v) is 3.35. The summed E-state index contributed by atoms with van der Waals surface area (Å²) < 4.78 is 5.75. The van der Waals surface area contributed by atoms with Crippen molar-refractivity contribution in [1.29, 1.82) is 0 Å². The van der Waals surface area contributed by atoms with Gasteiger partial charge in [-0.3, -0.25) is 4.79 Å². The molecule has 0 spiro atoms. The van der Waals surface area contributed by atoms with Crippen molar-refractivity contribution in [2.24, 2.45) is 0 Å². The van der Waals surface area contributed by atoms with E-state index in [0.29, 0.717) is 16.7 Å². The average Bonchev–Trinajstić information content (AvgIpc) is 3.12. The molecule has 0 amide bonds. The highest BCUT2D eigenvalue weighted by Gasteiger charge is 2.20. The van der Waals surface area contributed by atoms with Crippen LogP contribution in [-0.2, 0) is 6.42 Å². The molecular weight excluding hydrogens is 344 g/mol. The second kappa shape index (κ2) is 7.87. The highest BCUT2D eigenvalue weighted by molar-refractivity contribution is 8.00. The Bertz CT molecular complexity index is 916. The normalized spacial score (nSPS) is 12.2. The second-order valence-electron chi connectivity index (χ2n) is 6.35. The van der Waals surface area contributed by atoms with Crippen LogP contribution in [0.3, 0.4) is 0 Å². The molecule has 134 valence electrons. The molecule has 4 nitrogen and oxygen atoms in total. The number of hydrogen-bond donors (Lipinski definition) is 0. The van der Waals surface area contributed by atoms with Crippen molar-refractivity contribution in [3.05, 3.63) is 64.7 Å². The van der Waals surface area contributed by atoms with E-state index in [0.717, 1.165) is 12.0 Å². The van der Waals surface area contributed by atoms with Crippen LogP contribution in [0.2, 0.25) is 0 Å². The minimum absolute atomic E-state index is 0.0589. The third-order valence-electron chi connectivity index (χ3n) is 4.45. The van der Waals surface area contributed by atoms with Gasteiger partial charge in [0.05, 0.1) is 5.25 Å². The number of thioether (sulfide) groups is 1. The molecule has 0 saturated heterocycles. The predicted octanol–water partition coefficient (Wildman–Crippen LogP) is 5.28. The first kappa shape index (κ1) is 18.4. The Morgan fingerprint density at radius 2 is 1.81 bits per heavy atom. The molecule has 0 unspecified atom stereocenters. The van der Waals surface area contributed by atoms with Gasteiger partial charge in [0.25, 0.3) is 5.22 Å². The van der Waals surface area contributed by atoms with Gasteiger partial charge in [-0.2, -0.15) is 0 Å². The average molecular weight is 366 g/mol. The summed E-state index contributed by atoms with van der Waals surface area (Å²) in [6.45, 7) is 8.07. The number of Topliss-reactive ketones (excluding diaryl/α,β-unsaturated/α-hetero) is 1. The topological polar surface area (TPSA) is 56.0 Å². The number of carbonyl (C=O) groups excluding carboxylic acids is 1. The lowest BCUT2D eigenvalue weighted by Gasteiger charge is -2.08. The molecule has 0 bridgehead atoms. The molecule has 1 atom stereocenters. The highest BCUT2D eigenvalue weighted by Crippen LogP contribution is 2.28. The SMILES string of the molecule is CCc1ccc(C(=O)[C@@H](C)Sc2nnc(-c3ccc(C)c(C)c3)o2)cc1. The summed E-state index contributed by atoms with van der Waals surface area (Å²) in [5.74, 6) is 0.533. The molecular formula is C21H22N2O2S. The van der Waals surface area contributed by atoms with Crippen LogP contribution in [-0.4, -0.2) is 21.2 Å². The van der Waals surface area contributed by atoms with Crippen LogP contribution in [0.1, 0.15) is 40.9 Å². The highest BCUT2D eigenvalue weighted by atomic mass is 32.2. The summed E-state index contributed by atoms with van der Waals surface area (Å²) >= 11 is 1.29. The smallest absolute Gasteiger partial charge is 0.277 e. The standard InChI is InChI=1S/C21H22N2O2S/c1-5-16-7-10-17(11-8-16)19(24)15(4)26-21-23-22-20(25-21)18-9-6-13(2)14(3)12-18/h6-12,15H,5H2,1-4H3/t15-/m1/s1. The lowest BCUT2D eigenvalue weighted by Crippen LogP contribution is -2.13. The van der Waals surface area contributed by atoms with E-state index < -0.39 is 0 Å². The van der Waals surface area contributed by atoms with Crippen LogP contribution < -0.4 is 0 Å². The maximum Gasteiger partial charge on any atom is 0.277 e. The van der Waals surface area contributed by atoms with Gasteiger partial charge >= 0.3 is 0 Å². The van der Waals surface area contributed by atoms with Gasteiger partial charge < -0.3 is 4.42 Å². The maximum atomic E-state index is 12.6. The zero-order valence-electron chi connectivity index (χ0n) is 15.4. The molecule has 0 fully saturated rings. The fraction of sp³-hybridized carbons (Fsp3) is 0.286. The zero-order chi connectivity index (χ0) is 18.7. The Hall–Kier alpha value is -2.40. The summed E-state index contributed by atoms with van der Waals surface area (Å²) in [5, 5.41) is 8.31.